The lowest BCUT2D eigenvalue weighted by atomic mass is 9.79. The first-order valence-corrected chi connectivity index (χ1v) is 9.75. The zero-order valence-electron chi connectivity index (χ0n) is 15.0. The van der Waals surface area contributed by atoms with Crippen molar-refractivity contribution in [1.82, 2.24) is 4.90 Å². The van der Waals surface area contributed by atoms with Crippen molar-refractivity contribution in [3.63, 3.8) is 0 Å². The van der Waals surface area contributed by atoms with Gasteiger partial charge in [-0.05, 0) is 47.0 Å². The summed E-state index contributed by atoms with van der Waals surface area (Å²) in [5.74, 6) is -0.198. The molecule has 1 aliphatic heterocycles. The van der Waals surface area contributed by atoms with Gasteiger partial charge in [-0.25, -0.2) is 0 Å². The van der Waals surface area contributed by atoms with E-state index in [0.29, 0.717) is 12.0 Å². The van der Waals surface area contributed by atoms with Crippen LogP contribution in [0.3, 0.4) is 0 Å². The highest BCUT2D eigenvalue weighted by Crippen LogP contribution is 2.39. The fourth-order valence-electron chi connectivity index (χ4n) is 3.63. The topological polar surface area (TPSA) is 44.1 Å². The monoisotopic (exact) mass is 428 g/mol. The van der Waals surface area contributed by atoms with Gasteiger partial charge < -0.3 is 0 Å². The van der Waals surface area contributed by atoms with Gasteiger partial charge in [0, 0.05) is 22.7 Å². The smallest absolute Gasteiger partial charge is 0.259 e. The van der Waals surface area contributed by atoms with Gasteiger partial charge in [-0.3, -0.25) is 9.69 Å². The molecule has 1 heterocycles. The molecule has 0 N–H and O–H groups in total. The first-order valence-electron chi connectivity index (χ1n) is 8.96. The average molecular weight is 429 g/mol. The second kappa shape index (κ2) is 7.46. The molecular weight excluding hydrogens is 412 g/mol. The van der Waals surface area contributed by atoms with Gasteiger partial charge in [-0.15, -0.1) is 0 Å². The second-order valence-electron chi connectivity index (χ2n) is 6.72. The summed E-state index contributed by atoms with van der Waals surface area (Å²) in [7, 11) is 0. The number of carbonyl (C=O) groups is 1. The summed E-state index contributed by atoms with van der Waals surface area (Å²) in [6.07, 6.45) is 4.04. The Balaban J connectivity index is 1.85. The van der Waals surface area contributed by atoms with Crippen molar-refractivity contribution in [3.8, 4) is 6.07 Å². The predicted molar refractivity (Wildman–Crippen MR) is 113 cm³/mol. The number of rotatable bonds is 3. The number of hydrogen-bond acceptors (Lipinski definition) is 2. The molecule has 0 aliphatic carbocycles. The van der Waals surface area contributed by atoms with Crippen molar-refractivity contribution in [2.75, 3.05) is 0 Å². The van der Waals surface area contributed by atoms with E-state index in [1.807, 2.05) is 72.8 Å². The lowest BCUT2D eigenvalue weighted by molar-refractivity contribution is 0.0697. The molecule has 0 bridgehead atoms. The second-order valence-corrected chi connectivity index (χ2v) is 7.64. The highest BCUT2D eigenvalue weighted by atomic mass is 79.9. The zero-order chi connectivity index (χ0) is 19.6. The van der Waals surface area contributed by atoms with Gasteiger partial charge in [-0.2, -0.15) is 5.26 Å². The molecule has 28 heavy (non-hydrogen) atoms. The summed E-state index contributed by atoms with van der Waals surface area (Å²) in [5, 5.41) is 10.4. The quantitative estimate of drug-likeness (QED) is 0.549. The summed E-state index contributed by atoms with van der Waals surface area (Å²) in [6, 6.07) is 27.3. The molecule has 3 aromatic carbocycles. The van der Waals surface area contributed by atoms with E-state index < -0.39 is 5.54 Å². The summed E-state index contributed by atoms with van der Waals surface area (Å²) >= 11 is 3.40. The maximum absolute atomic E-state index is 13.4. The molecule has 0 spiro atoms. The van der Waals surface area contributed by atoms with Crippen molar-refractivity contribution in [2.45, 2.75) is 12.0 Å². The van der Waals surface area contributed by atoms with Gasteiger partial charge in [0.05, 0.1) is 6.07 Å². The highest BCUT2D eigenvalue weighted by Gasteiger charge is 2.44. The van der Waals surface area contributed by atoms with Crippen LogP contribution in [-0.4, -0.2) is 10.8 Å². The number of amides is 1. The van der Waals surface area contributed by atoms with Crippen molar-refractivity contribution in [1.29, 1.82) is 5.26 Å². The Bertz CT molecular complexity index is 1080. The molecule has 3 nitrogen and oxygen atoms in total. The third-order valence-corrected chi connectivity index (χ3v) is 5.55. The van der Waals surface area contributed by atoms with Gasteiger partial charge in [0.2, 0.25) is 0 Å². The number of benzene rings is 3. The third-order valence-electron chi connectivity index (χ3n) is 5.02. The molecule has 4 rings (SSSR count). The van der Waals surface area contributed by atoms with Crippen LogP contribution in [0.25, 0.3) is 6.08 Å². The molecule has 0 radical (unpaired) electrons. The highest BCUT2D eigenvalue weighted by molar-refractivity contribution is 9.10. The van der Waals surface area contributed by atoms with Crippen LogP contribution in [0.1, 0.15) is 27.0 Å². The average Bonchev–Trinajstić information content (AvgIpc) is 2.74. The predicted octanol–water partition coefficient (Wildman–Crippen LogP) is 5.54. The van der Waals surface area contributed by atoms with Crippen LogP contribution in [0, 0.1) is 11.3 Å². The molecule has 3 aromatic rings. The maximum Gasteiger partial charge on any atom is 0.259 e. The largest absolute Gasteiger partial charge is 0.291 e. The van der Waals surface area contributed by atoms with Gasteiger partial charge in [-0.1, -0.05) is 70.5 Å². The summed E-state index contributed by atoms with van der Waals surface area (Å²) in [5.41, 5.74) is 2.23. The van der Waals surface area contributed by atoms with Gasteiger partial charge >= 0.3 is 0 Å². The molecule has 1 aliphatic rings. The van der Waals surface area contributed by atoms with Gasteiger partial charge in [0.1, 0.15) is 0 Å². The van der Waals surface area contributed by atoms with Crippen LogP contribution in [0.4, 0.5) is 0 Å². The van der Waals surface area contributed by atoms with Crippen LogP contribution in [0.5, 0.6) is 0 Å². The van der Waals surface area contributed by atoms with Crippen molar-refractivity contribution < 1.29 is 4.79 Å². The van der Waals surface area contributed by atoms with E-state index in [1.165, 1.54) is 0 Å². The van der Waals surface area contributed by atoms with Crippen LogP contribution >= 0.6 is 15.9 Å². The molecule has 0 aromatic heterocycles. The van der Waals surface area contributed by atoms with Crippen LogP contribution in [-0.2, 0) is 12.0 Å². The minimum atomic E-state index is -1.11. The summed E-state index contributed by atoms with van der Waals surface area (Å²) < 4.78 is 0.902. The minimum absolute atomic E-state index is 0.198. The first-order chi connectivity index (χ1) is 13.6. The molecule has 4 heteroatoms. The normalized spacial score (nSPS) is 17.6. The van der Waals surface area contributed by atoms with E-state index in [1.54, 1.807) is 23.2 Å². The summed E-state index contributed by atoms with van der Waals surface area (Å²) in [6.45, 7) is 0. The Morgan fingerprint density at radius 3 is 2.36 bits per heavy atom. The number of hydrogen-bond donors (Lipinski definition) is 0. The number of nitriles is 1. The molecule has 1 unspecified atom stereocenters. The number of fused-ring (bicyclic) bond motifs is 1. The first kappa shape index (κ1) is 18.2. The van der Waals surface area contributed by atoms with E-state index in [-0.39, 0.29) is 5.91 Å². The fraction of sp³-hybridized carbons (Fsp3) is 0.0833. The standard InChI is InChI=1S/C24H17BrN2O/c25-21-12-10-20(11-13-21)23(28)27-15-14-19-8-4-5-9-22(19)24(27,17-26)16-18-6-2-1-3-7-18/h1-15H,16H2. The van der Waals surface area contributed by atoms with E-state index in [0.717, 1.165) is 21.2 Å². The van der Waals surface area contributed by atoms with Gasteiger partial charge in [0.25, 0.3) is 5.91 Å². The molecular formula is C24H17BrN2O. The lowest BCUT2D eigenvalue weighted by Gasteiger charge is -2.40. The van der Waals surface area contributed by atoms with Gasteiger partial charge in [0.15, 0.2) is 5.54 Å². The van der Waals surface area contributed by atoms with E-state index in [4.69, 9.17) is 0 Å². The SMILES string of the molecule is N#CC1(Cc2ccccc2)c2ccccc2C=CN1C(=O)c1ccc(Br)cc1. The lowest BCUT2D eigenvalue weighted by Crippen LogP contribution is -2.49. The van der Waals surface area contributed by atoms with Crippen LogP contribution in [0.2, 0.25) is 0 Å². The van der Waals surface area contributed by atoms with Crippen LogP contribution in [0.15, 0.2) is 89.5 Å². The summed E-state index contributed by atoms with van der Waals surface area (Å²) in [4.78, 5) is 15.0. The van der Waals surface area contributed by atoms with E-state index in [2.05, 4.69) is 22.0 Å². The molecule has 0 saturated carbocycles. The Morgan fingerprint density at radius 1 is 0.964 bits per heavy atom. The third kappa shape index (κ3) is 3.15. The molecule has 0 fully saturated rings. The molecule has 0 saturated heterocycles. The maximum atomic E-state index is 13.4. The number of halogens is 1. The van der Waals surface area contributed by atoms with Crippen molar-refractivity contribution >= 4 is 27.9 Å². The molecule has 136 valence electrons. The zero-order valence-corrected chi connectivity index (χ0v) is 16.6. The van der Waals surface area contributed by atoms with E-state index >= 15 is 0 Å². The minimum Gasteiger partial charge on any atom is -0.291 e. The number of nitrogens with zero attached hydrogens (tertiary/aromatic N) is 2. The van der Waals surface area contributed by atoms with E-state index in [9.17, 15) is 10.1 Å². The molecule has 1 atom stereocenters. The molecule has 1 amide bonds. The van der Waals surface area contributed by atoms with Crippen LogP contribution < -0.4 is 0 Å². The van der Waals surface area contributed by atoms with Crippen molar-refractivity contribution in [3.05, 3.63) is 112 Å². The Hall–Kier alpha value is -3.16. The Labute approximate surface area is 172 Å². The van der Waals surface area contributed by atoms with Crippen molar-refractivity contribution in [2.24, 2.45) is 0 Å². The Morgan fingerprint density at radius 2 is 1.64 bits per heavy atom. The number of carbonyl (C=O) groups excluding carboxylic acids is 1. The Kier molecular flexibility index (Phi) is 4.85. The fourth-order valence-corrected chi connectivity index (χ4v) is 3.89.